The summed E-state index contributed by atoms with van der Waals surface area (Å²) in [6.07, 6.45) is 2.22. The number of carbonyl (C=O) groups is 3. The minimum absolute atomic E-state index is 0.0352. The van der Waals surface area contributed by atoms with Crippen LogP contribution in [0.1, 0.15) is 22.6 Å². The monoisotopic (exact) mass is 470 g/mol. The summed E-state index contributed by atoms with van der Waals surface area (Å²) in [5.74, 6) is -1.71. The van der Waals surface area contributed by atoms with Gasteiger partial charge in [-0.25, -0.2) is 9.59 Å². The minimum Gasteiger partial charge on any atom is -0.480 e. The molecule has 7 nitrogen and oxygen atoms in total. The summed E-state index contributed by atoms with van der Waals surface area (Å²) in [5.41, 5.74) is 5.36. The fraction of sp³-hybridized carbons (Fsp3) is 0.179. The molecule has 1 aliphatic rings. The molecule has 3 N–H and O–H groups in total. The van der Waals surface area contributed by atoms with E-state index >= 15 is 0 Å². The third-order valence-corrected chi connectivity index (χ3v) is 5.87. The predicted octanol–water partition coefficient (Wildman–Crippen LogP) is 3.89. The second-order valence-corrected chi connectivity index (χ2v) is 8.20. The second kappa shape index (κ2) is 11.2. The van der Waals surface area contributed by atoms with Crippen LogP contribution in [0.15, 0.2) is 91.0 Å². The Kier molecular flexibility index (Phi) is 7.57. The van der Waals surface area contributed by atoms with Crippen LogP contribution in [0.3, 0.4) is 0 Å². The molecule has 0 heterocycles. The van der Waals surface area contributed by atoms with Crippen molar-refractivity contribution in [2.45, 2.75) is 18.4 Å². The van der Waals surface area contributed by atoms with Crippen molar-refractivity contribution in [2.75, 3.05) is 13.2 Å². The highest BCUT2D eigenvalue weighted by Crippen LogP contribution is 2.44. The molecule has 1 aliphatic carbocycles. The highest BCUT2D eigenvalue weighted by Gasteiger charge is 2.28. The topological polar surface area (TPSA) is 105 Å². The van der Waals surface area contributed by atoms with Crippen molar-refractivity contribution in [2.24, 2.45) is 0 Å². The SMILES string of the molecule is O=C(/C=C/CNC(=O)OCC1c2ccccc2-c2ccccc21)NC(Cc1ccccc1)C(=O)O. The number of carbonyl (C=O) groups excluding carboxylic acids is 2. The average molecular weight is 471 g/mol. The summed E-state index contributed by atoms with van der Waals surface area (Å²) < 4.78 is 5.45. The van der Waals surface area contributed by atoms with Gasteiger partial charge in [0.25, 0.3) is 0 Å². The number of fused-ring (bicyclic) bond motifs is 3. The molecule has 0 spiro atoms. The van der Waals surface area contributed by atoms with Gasteiger partial charge in [0.15, 0.2) is 0 Å². The molecular formula is C28H26N2O5. The lowest BCUT2D eigenvalue weighted by Gasteiger charge is -2.14. The highest BCUT2D eigenvalue weighted by atomic mass is 16.5. The van der Waals surface area contributed by atoms with Gasteiger partial charge in [-0.2, -0.15) is 0 Å². The lowest BCUT2D eigenvalue weighted by molar-refractivity contribution is -0.141. The number of nitrogens with one attached hydrogen (secondary N) is 2. The molecule has 0 bridgehead atoms. The number of amides is 2. The molecule has 4 rings (SSSR count). The largest absolute Gasteiger partial charge is 0.480 e. The molecule has 0 aliphatic heterocycles. The zero-order valence-corrected chi connectivity index (χ0v) is 19.0. The van der Waals surface area contributed by atoms with Crippen LogP contribution in [0.25, 0.3) is 11.1 Å². The number of rotatable bonds is 9. The normalized spacial score (nSPS) is 13.0. The summed E-state index contributed by atoms with van der Waals surface area (Å²) >= 11 is 0. The van der Waals surface area contributed by atoms with E-state index in [1.165, 1.54) is 12.2 Å². The Balaban J connectivity index is 1.24. The van der Waals surface area contributed by atoms with Gasteiger partial charge in [-0.3, -0.25) is 4.79 Å². The lowest BCUT2D eigenvalue weighted by atomic mass is 9.98. The number of aliphatic carboxylic acids is 1. The summed E-state index contributed by atoms with van der Waals surface area (Å²) in [6, 6.07) is 24.2. The first-order valence-electron chi connectivity index (χ1n) is 11.4. The van der Waals surface area contributed by atoms with E-state index in [2.05, 4.69) is 22.8 Å². The van der Waals surface area contributed by atoms with Crippen molar-refractivity contribution in [3.8, 4) is 11.1 Å². The van der Waals surface area contributed by atoms with E-state index in [0.717, 1.165) is 27.8 Å². The van der Waals surface area contributed by atoms with Crippen molar-refractivity contribution in [3.05, 3.63) is 108 Å². The van der Waals surface area contributed by atoms with Crippen LogP contribution in [0.2, 0.25) is 0 Å². The first-order valence-corrected chi connectivity index (χ1v) is 11.4. The average Bonchev–Trinajstić information content (AvgIpc) is 3.19. The predicted molar refractivity (Wildman–Crippen MR) is 132 cm³/mol. The Bertz CT molecular complexity index is 1190. The fourth-order valence-corrected chi connectivity index (χ4v) is 4.23. The number of hydrogen-bond donors (Lipinski definition) is 3. The standard InChI is InChI=1S/C28H26N2O5/c31-26(30-25(27(32)33)17-19-9-2-1-3-10-19)15-8-16-29-28(34)35-18-24-22-13-6-4-11-20(22)21-12-5-7-14-23(21)24/h1-15,24-25H,16-18H2,(H,29,34)(H,30,31)(H,32,33)/b15-8+. The molecule has 0 fully saturated rings. The van der Waals surface area contributed by atoms with Gasteiger partial charge in [0.05, 0.1) is 0 Å². The number of hydrogen-bond acceptors (Lipinski definition) is 4. The smallest absolute Gasteiger partial charge is 0.407 e. The summed E-state index contributed by atoms with van der Waals surface area (Å²) in [5, 5.41) is 14.4. The molecule has 0 radical (unpaired) electrons. The van der Waals surface area contributed by atoms with Gasteiger partial charge in [-0.1, -0.05) is 84.9 Å². The number of alkyl carbamates (subject to hydrolysis) is 1. The van der Waals surface area contributed by atoms with E-state index in [0.29, 0.717) is 0 Å². The van der Waals surface area contributed by atoms with Gasteiger partial charge in [0, 0.05) is 25.0 Å². The Labute approximate surface area is 203 Å². The minimum atomic E-state index is -1.12. The van der Waals surface area contributed by atoms with E-state index in [-0.39, 0.29) is 25.5 Å². The van der Waals surface area contributed by atoms with E-state index in [4.69, 9.17) is 4.74 Å². The Morgan fingerprint density at radius 1 is 0.886 bits per heavy atom. The quantitative estimate of drug-likeness (QED) is 0.412. The number of carboxylic acids is 1. The van der Waals surface area contributed by atoms with Crippen molar-refractivity contribution >= 4 is 18.0 Å². The van der Waals surface area contributed by atoms with Crippen LogP contribution in [0.5, 0.6) is 0 Å². The summed E-state index contributed by atoms with van der Waals surface area (Å²) in [6.45, 7) is 0.268. The fourth-order valence-electron chi connectivity index (χ4n) is 4.23. The first kappa shape index (κ1) is 23.8. The van der Waals surface area contributed by atoms with Crippen LogP contribution < -0.4 is 10.6 Å². The third-order valence-electron chi connectivity index (χ3n) is 5.87. The van der Waals surface area contributed by atoms with E-state index in [1.807, 2.05) is 54.6 Å². The molecule has 7 heteroatoms. The molecule has 0 saturated carbocycles. The van der Waals surface area contributed by atoms with E-state index < -0.39 is 24.0 Å². The van der Waals surface area contributed by atoms with Crippen LogP contribution >= 0.6 is 0 Å². The molecule has 0 saturated heterocycles. The Morgan fingerprint density at radius 3 is 2.11 bits per heavy atom. The molecule has 2 amide bonds. The second-order valence-electron chi connectivity index (χ2n) is 8.20. The zero-order valence-electron chi connectivity index (χ0n) is 19.0. The van der Waals surface area contributed by atoms with E-state index in [9.17, 15) is 19.5 Å². The van der Waals surface area contributed by atoms with Crippen molar-refractivity contribution in [3.63, 3.8) is 0 Å². The zero-order chi connectivity index (χ0) is 24.6. The molecule has 35 heavy (non-hydrogen) atoms. The Hall–Kier alpha value is -4.39. The van der Waals surface area contributed by atoms with Gasteiger partial charge in [0.2, 0.25) is 5.91 Å². The molecule has 3 aromatic rings. The van der Waals surface area contributed by atoms with Gasteiger partial charge in [0.1, 0.15) is 12.6 Å². The molecule has 3 aromatic carbocycles. The van der Waals surface area contributed by atoms with E-state index in [1.54, 1.807) is 12.1 Å². The number of ether oxygens (including phenoxy) is 1. The first-order chi connectivity index (χ1) is 17.0. The molecule has 178 valence electrons. The van der Waals surface area contributed by atoms with Gasteiger partial charge in [-0.15, -0.1) is 0 Å². The van der Waals surface area contributed by atoms with Crippen molar-refractivity contribution in [1.29, 1.82) is 0 Å². The molecule has 1 unspecified atom stereocenters. The van der Waals surface area contributed by atoms with Crippen LogP contribution in [-0.4, -0.2) is 42.3 Å². The Morgan fingerprint density at radius 2 is 1.49 bits per heavy atom. The van der Waals surface area contributed by atoms with Crippen LogP contribution in [0.4, 0.5) is 4.79 Å². The van der Waals surface area contributed by atoms with Crippen molar-refractivity contribution < 1.29 is 24.2 Å². The molecule has 0 aromatic heterocycles. The van der Waals surface area contributed by atoms with Gasteiger partial charge >= 0.3 is 12.1 Å². The lowest BCUT2D eigenvalue weighted by Crippen LogP contribution is -2.41. The maximum atomic E-state index is 12.2. The van der Waals surface area contributed by atoms with Crippen LogP contribution in [0, 0.1) is 0 Å². The highest BCUT2D eigenvalue weighted by molar-refractivity contribution is 5.91. The molecule has 1 atom stereocenters. The third kappa shape index (κ3) is 5.95. The molecular weight excluding hydrogens is 444 g/mol. The van der Waals surface area contributed by atoms with Gasteiger partial charge in [-0.05, 0) is 27.8 Å². The van der Waals surface area contributed by atoms with Crippen molar-refractivity contribution in [1.82, 2.24) is 10.6 Å². The maximum Gasteiger partial charge on any atom is 0.407 e. The summed E-state index contributed by atoms with van der Waals surface area (Å²) in [4.78, 5) is 35.8. The number of carboxylic acid groups (broad SMARTS) is 1. The number of benzene rings is 3. The summed E-state index contributed by atoms with van der Waals surface area (Å²) in [7, 11) is 0. The van der Waals surface area contributed by atoms with Gasteiger partial charge < -0.3 is 20.5 Å². The maximum absolute atomic E-state index is 12.2. The van der Waals surface area contributed by atoms with Crippen LogP contribution in [-0.2, 0) is 20.7 Å².